The number of nitrogens with zero attached hydrogens (tertiary/aromatic N) is 2. The Balaban J connectivity index is 1.91. The highest BCUT2D eigenvalue weighted by Crippen LogP contribution is 2.12. The van der Waals surface area contributed by atoms with Crippen molar-refractivity contribution in [3.63, 3.8) is 0 Å². The largest absolute Gasteiger partial charge is 0.384 e. The highest BCUT2D eigenvalue weighted by Gasteiger charge is 2.32. The standard InChI is InChI=1S/C17H25N3O3/c1-23-12-8-16(21)20-11-10-19(15(13-20)17(18)22)9-7-14-5-3-2-4-6-14/h2-6,15H,7-13H2,1H3,(H2,18,22). The minimum atomic E-state index is -0.418. The van der Waals surface area contributed by atoms with E-state index in [9.17, 15) is 9.59 Å². The number of nitrogens with two attached hydrogens (primary N) is 1. The summed E-state index contributed by atoms with van der Waals surface area (Å²) in [5.41, 5.74) is 6.78. The van der Waals surface area contributed by atoms with Crippen molar-refractivity contribution in [1.29, 1.82) is 0 Å². The van der Waals surface area contributed by atoms with E-state index in [2.05, 4.69) is 17.0 Å². The lowest BCUT2D eigenvalue weighted by molar-refractivity contribution is -0.137. The molecule has 1 unspecified atom stereocenters. The quantitative estimate of drug-likeness (QED) is 0.782. The molecule has 23 heavy (non-hydrogen) atoms. The van der Waals surface area contributed by atoms with Crippen LogP contribution in [0, 0.1) is 0 Å². The van der Waals surface area contributed by atoms with E-state index < -0.39 is 6.04 Å². The molecule has 1 heterocycles. The van der Waals surface area contributed by atoms with E-state index in [1.165, 1.54) is 5.56 Å². The van der Waals surface area contributed by atoms with Crippen molar-refractivity contribution in [2.75, 3.05) is 39.9 Å². The third-order valence-corrected chi connectivity index (χ3v) is 4.22. The minimum Gasteiger partial charge on any atom is -0.384 e. The number of amides is 2. The third-order valence-electron chi connectivity index (χ3n) is 4.22. The summed E-state index contributed by atoms with van der Waals surface area (Å²) in [6, 6.07) is 9.73. The molecule has 1 saturated heterocycles. The highest BCUT2D eigenvalue weighted by atomic mass is 16.5. The zero-order valence-corrected chi connectivity index (χ0v) is 13.6. The zero-order chi connectivity index (χ0) is 16.7. The van der Waals surface area contributed by atoms with Gasteiger partial charge in [-0.15, -0.1) is 0 Å². The lowest BCUT2D eigenvalue weighted by Crippen LogP contribution is -2.59. The Morgan fingerprint density at radius 3 is 2.65 bits per heavy atom. The van der Waals surface area contributed by atoms with Crippen molar-refractivity contribution in [2.24, 2.45) is 5.73 Å². The van der Waals surface area contributed by atoms with Gasteiger partial charge in [-0.25, -0.2) is 0 Å². The van der Waals surface area contributed by atoms with Gasteiger partial charge in [0.15, 0.2) is 0 Å². The van der Waals surface area contributed by atoms with Gasteiger partial charge in [-0.1, -0.05) is 30.3 Å². The number of rotatable bonds is 7. The molecule has 0 spiro atoms. The van der Waals surface area contributed by atoms with Crippen LogP contribution in [0.1, 0.15) is 12.0 Å². The Morgan fingerprint density at radius 1 is 1.26 bits per heavy atom. The Hall–Kier alpha value is -1.92. The smallest absolute Gasteiger partial charge is 0.236 e. The van der Waals surface area contributed by atoms with E-state index in [0.29, 0.717) is 32.7 Å². The van der Waals surface area contributed by atoms with E-state index >= 15 is 0 Å². The Labute approximate surface area is 137 Å². The molecule has 2 rings (SSSR count). The molecular weight excluding hydrogens is 294 g/mol. The normalized spacial score (nSPS) is 18.8. The van der Waals surface area contributed by atoms with Gasteiger partial charge in [0.1, 0.15) is 6.04 Å². The molecule has 0 aromatic heterocycles. The minimum absolute atomic E-state index is 0.0146. The first-order valence-electron chi connectivity index (χ1n) is 7.96. The summed E-state index contributed by atoms with van der Waals surface area (Å²) in [4.78, 5) is 27.7. The second kappa shape index (κ2) is 8.64. The van der Waals surface area contributed by atoms with Gasteiger partial charge >= 0.3 is 0 Å². The fraction of sp³-hybridized carbons (Fsp3) is 0.529. The molecule has 1 aliphatic heterocycles. The van der Waals surface area contributed by atoms with Crippen LogP contribution in [0.5, 0.6) is 0 Å². The number of piperazine rings is 1. The molecule has 1 aliphatic rings. The van der Waals surface area contributed by atoms with Gasteiger partial charge in [0.2, 0.25) is 11.8 Å². The van der Waals surface area contributed by atoms with Crippen LogP contribution in [-0.4, -0.2) is 67.6 Å². The Morgan fingerprint density at radius 2 is 2.00 bits per heavy atom. The van der Waals surface area contributed by atoms with Crippen LogP contribution in [0.15, 0.2) is 30.3 Å². The Kier molecular flexibility index (Phi) is 6.55. The number of benzene rings is 1. The number of primary amides is 1. The molecule has 2 amide bonds. The van der Waals surface area contributed by atoms with Crippen LogP contribution in [-0.2, 0) is 20.7 Å². The van der Waals surface area contributed by atoms with Crippen molar-refractivity contribution in [2.45, 2.75) is 18.9 Å². The van der Waals surface area contributed by atoms with Crippen LogP contribution in [0.4, 0.5) is 0 Å². The lowest BCUT2D eigenvalue weighted by atomic mass is 10.1. The van der Waals surface area contributed by atoms with Crippen molar-refractivity contribution in [1.82, 2.24) is 9.80 Å². The van der Waals surface area contributed by atoms with Crippen molar-refractivity contribution >= 4 is 11.8 Å². The molecular formula is C17H25N3O3. The average Bonchev–Trinajstić information content (AvgIpc) is 2.58. The van der Waals surface area contributed by atoms with E-state index in [1.54, 1.807) is 12.0 Å². The fourth-order valence-corrected chi connectivity index (χ4v) is 2.85. The maximum absolute atomic E-state index is 12.1. The molecule has 1 aromatic carbocycles. The fourth-order valence-electron chi connectivity index (χ4n) is 2.85. The molecule has 1 atom stereocenters. The van der Waals surface area contributed by atoms with E-state index in [4.69, 9.17) is 10.5 Å². The zero-order valence-electron chi connectivity index (χ0n) is 13.6. The molecule has 2 N–H and O–H groups in total. The van der Waals surface area contributed by atoms with Gasteiger partial charge in [0.05, 0.1) is 13.0 Å². The van der Waals surface area contributed by atoms with Crippen LogP contribution in [0.25, 0.3) is 0 Å². The topological polar surface area (TPSA) is 75.9 Å². The molecule has 0 bridgehead atoms. The molecule has 0 saturated carbocycles. The summed E-state index contributed by atoms with van der Waals surface area (Å²) in [7, 11) is 1.57. The SMILES string of the molecule is COCCC(=O)N1CCN(CCc2ccccc2)C(C(N)=O)C1. The summed E-state index contributed by atoms with van der Waals surface area (Å²) >= 11 is 0. The molecule has 0 aliphatic carbocycles. The lowest BCUT2D eigenvalue weighted by Gasteiger charge is -2.40. The van der Waals surface area contributed by atoms with Gasteiger partial charge in [-0.3, -0.25) is 14.5 Å². The predicted molar refractivity (Wildman–Crippen MR) is 87.8 cm³/mol. The van der Waals surface area contributed by atoms with Crippen LogP contribution in [0.2, 0.25) is 0 Å². The van der Waals surface area contributed by atoms with Crippen LogP contribution >= 0.6 is 0 Å². The van der Waals surface area contributed by atoms with Gasteiger partial charge in [-0.05, 0) is 12.0 Å². The molecule has 1 aromatic rings. The molecule has 1 fully saturated rings. The number of carbonyl (C=O) groups is 2. The first-order valence-corrected chi connectivity index (χ1v) is 7.96. The number of hydrogen-bond donors (Lipinski definition) is 1. The van der Waals surface area contributed by atoms with Gasteiger partial charge in [0, 0.05) is 33.3 Å². The maximum atomic E-state index is 12.1. The third kappa shape index (κ3) is 5.04. The molecule has 0 radical (unpaired) electrons. The summed E-state index contributed by atoms with van der Waals surface area (Å²) in [6.45, 7) is 2.82. The monoisotopic (exact) mass is 319 g/mol. The van der Waals surface area contributed by atoms with Crippen LogP contribution in [0.3, 0.4) is 0 Å². The molecule has 6 heteroatoms. The average molecular weight is 319 g/mol. The van der Waals surface area contributed by atoms with Crippen molar-refractivity contribution in [3.8, 4) is 0 Å². The number of methoxy groups -OCH3 is 1. The van der Waals surface area contributed by atoms with Gasteiger partial charge in [0.25, 0.3) is 0 Å². The summed E-state index contributed by atoms with van der Waals surface area (Å²) < 4.78 is 4.94. The highest BCUT2D eigenvalue weighted by molar-refractivity contribution is 5.82. The number of hydrogen-bond acceptors (Lipinski definition) is 4. The molecule has 6 nitrogen and oxygen atoms in total. The van der Waals surface area contributed by atoms with E-state index in [-0.39, 0.29) is 11.8 Å². The first-order chi connectivity index (χ1) is 11.1. The summed E-state index contributed by atoms with van der Waals surface area (Å²) in [5.74, 6) is -0.358. The predicted octanol–water partition coefficient (Wildman–Crippen LogP) is 0.264. The van der Waals surface area contributed by atoms with Gasteiger partial charge in [-0.2, -0.15) is 0 Å². The Bertz CT molecular complexity index is 521. The van der Waals surface area contributed by atoms with Crippen molar-refractivity contribution in [3.05, 3.63) is 35.9 Å². The van der Waals surface area contributed by atoms with Gasteiger partial charge < -0.3 is 15.4 Å². The van der Waals surface area contributed by atoms with Crippen LogP contribution < -0.4 is 5.73 Å². The first kappa shape index (κ1) is 17.4. The van der Waals surface area contributed by atoms with E-state index in [0.717, 1.165) is 13.0 Å². The summed E-state index contributed by atoms with van der Waals surface area (Å²) in [6.07, 6.45) is 1.20. The second-order valence-corrected chi connectivity index (χ2v) is 5.77. The van der Waals surface area contributed by atoms with Crippen molar-refractivity contribution < 1.29 is 14.3 Å². The van der Waals surface area contributed by atoms with E-state index in [1.807, 2.05) is 18.2 Å². The molecule has 126 valence electrons. The second-order valence-electron chi connectivity index (χ2n) is 5.77. The number of ether oxygens (including phenoxy) is 1. The maximum Gasteiger partial charge on any atom is 0.236 e. The summed E-state index contributed by atoms with van der Waals surface area (Å²) in [5, 5.41) is 0. The number of carbonyl (C=O) groups excluding carboxylic acids is 2.